The molecule has 94 valence electrons. The van der Waals surface area contributed by atoms with Gasteiger partial charge < -0.3 is 5.11 Å². The molecule has 0 saturated heterocycles. The van der Waals surface area contributed by atoms with Crippen LogP contribution in [0.25, 0.3) is 0 Å². The average Bonchev–Trinajstić information content (AvgIpc) is 2.76. The summed E-state index contributed by atoms with van der Waals surface area (Å²) in [5.41, 5.74) is 1.18. The van der Waals surface area contributed by atoms with E-state index in [0.717, 1.165) is 29.7 Å². The van der Waals surface area contributed by atoms with E-state index >= 15 is 0 Å². The molecule has 1 aromatic heterocycles. The molecule has 0 aliphatic carbocycles. The predicted octanol–water partition coefficient (Wildman–Crippen LogP) is 2.46. The summed E-state index contributed by atoms with van der Waals surface area (Å²) in [6, 6.07) is 8.14. The summed E-state index contributed by atoms with van der Waals surface area (Å²) in [6.07, 6.45) is 2.01. The molecule has 2 heterocycles. The zero-order valence-corrected chi connectivity index (χ0v) is 11.5. The molecular formula is C13H14BrN3O. The van der Waals surface area contributed by atoms with Crippen molar-refractivity contribution >= 4 is 15.9 Å². The quantitative estimate of drug-likeness (QED) is 0.927. The third kappa shape index (κ3) is 2.33. The smallest absolute Gasteiger partial charge is 0.156 e. The van der Waals surface area contributed by atoms with Crippen molar-refractivity contribution in [3.63, 3.8) is 0 Å². The number of fused-ring (bicyclic) bond motifs is 1. The summed E-state index contributed by atoms with van der Waals surface area (Å²) >= 11 is 3.42. The lowest BCUT2D eigenvalue weighted by molar-refractivity contribution is 0.130. The molecule has 0 amide bonds. The van der Waals surface area contributed by atoms with Gasteiger partial charge in [0.1, 0.15) is 6.10 Å². The summed E-state index contributed by atoms with van der Waals surface area (Å²) < 4.78 is 2.90. The van der Waals surface area contributed by atoms with Gasteiger partial charge in [-0.25, -0.2) is 9.67 Å². The van der Waals surface area contributed by atoms with E-state index in [1.165, 1.54) is 5.56 Å². The minimum Gasteiger partial charge on any atom is -0.385 e. The van der Waals surface area contributed by atoms with Crippen molar-refractivity contribution in [2.24, 2.45) is 0 Å². The maximum Gasteiger partial charge on any atom is 0.156 e. The third-order valence-electron chi connectivity index (χ3n) is 3.17. The fourth-order valence-corrected chi connectivity index (χ4v) is 2.50. The minimum atomic E-state index is -0.454. The maximum atomic E-state index is 9.85. The second kappa shape index (κ2) is 4.82. The molecule has 4 nitrogen and oxygen atoms in total. The van der Waals surface area contributed by atoms with E-state index in [0.29, 0.717) is 12.2 Å². The Kier molecular flexibility index (Phi) is 3.18. The van der Waals surface area contributed by atoms with Crippen LogP contribution in [0.1, 0.15) is 36.2 Å². The van der Waals surface area contributed by atoms with Crippen molar-refractivity contribution in [2.45, 2.75) is 31.9 Å². The van der Waals surface area contributed by atoms with Gasteiger partial charge in [0.2, 0.25) is 0 Å². The van der Waals surface area contributed by atoms with Crippen molar-refractivity contribution in [3.8, 4) is 0 Å². The van der Waals surface area contributed by atoms with Gasteiger partial charge in [0.05, 0.1) is 0 Å². The van der Waals surface area contributed by atoms with Crippen LogP contribution < -0.4 is 0 Å². The van der Waals surface area contributed by atoms with Crippen LogP contribution in [0.15, 0.2) is 28.7 Å². The van der Waals surface area contributed by atoms with Gasteiger partial charge in [-0.15, -0.1) is 0 Å². The zero-order valence-electron chi connectivity index (χ0n) is 9.88. The molecule has 0 spiro atoms. The molecule has 3 rings (SSSR count). The summed E-state index contributed by atoms with van der Waals surface area (Å²) in [6.45, 7) is 0.861. The minimum absolute atomic E-state index is 0.454. The highest BCUT2D eigenvalue weighted by atomic mass is 79.9. The predicted molar refractivity (Wildman–Crippen MR) is 71.2 cm³/mol. The lowest BCUT2D eigenvalue weighted by Crippen LogP contribution is -2.16. The second-order valence-corrected chi connectivity index (χ2v) is 5.49. The molecule has 0 saturated carbocycles. The van der Waals surface area contributed by atoms with Crippen LogP contribution in [0.4, 0.5) is 0 Å². The van der Waals surface area contributed by atoms with Gasteiger partial charge >= 0.3 is 0 Å². The molecule has 0 fully saturated rings. The first-order chi connectivity index (χ1) is 8.72. The number of halogens is 1. The molecule has 2 aromatic rings. The number of aryl methyl sites for hydroxylation is 1. The van der Waals surface area contributed by atoms with Gasteiger partial charge in [-0.2, -0.15) is 5.10 Å². The zero-order chi connectivity index (χ0) is 12.5. The van der Waals surface area contributed by atoms with Gasteiger partial charge in [-0.1, -0.05) is 28.1 Å². The van der Waals surface area contributed by atoms with E-state index in [1.807, 2.05) is 16.8 Å². The number of nitrogens with zero attached hydrogens (tertiary/aromatic N) is 3. The largest absolute Gasteiger partial charge is 0.385 e. The van der Waals surface area contributed by atoms with Crippen LogP contribution in [0.3, 0.4) is 0 Å². The van der Waals surface area contributed by atoms with E-state index in [4.69, 9.17) is 0 Å². The first-order valence-corrected chi connectivity index (χ1v) is 6.88. The lowest BCUT2D eigenvalue weighted by atomic mass is 10.1. The van der Waals surface area contributed by atoms with Crippen LogP contribution in [-0.2, 0) is 13.0 Å². The van der Waals surface area contributed by atoms with E-state index in [1.54, 1.807) is 0 Å². The average molecular weight is 308 g/mol. The number of aliphatic hydroxyl groups excluding tert-OH is 1. The van der Waals surface area contributed by atoms with Crippen LogP contribution >= 0.6 is 15.9 Å². The van der Waals surface area contributed by atoms with E-state index in [9.17, 15) is 5.11 Å². The number of aliphatic hydroxyl groups is 1. The van der Waals surface area contributed by atoms with Gasteiger partial charge in [0.25, 0.3) is 0 Å². The summed E-state index contributed by atoms with van der Waals surface area (Å²) in [7, 11) is 0. The molecule has 1 unspecified atom stereocenters. The number of hydrogen-bond acceptors (Lipinski definition) is 3. The SMILES string of the molecule is OC1CCCn2nc(Cc3ccc(Br)cc3)nc21. The molecule has 18 heavy (non-hydrogen) atoms. The highest BCUT2D eigenvalue weighted by molar-refractivity contribution is 9.10. The topological polar surface area (TPSA) is 50.9 Å². The molecule has 0 bridgehead atoms. The van der Waals surface area contributed by atoms with Gasteiger partial charge in [-0.05, 0) is 30.5 Å². The summed E-state index contributed by atoms with van der Waals surface area (Å²) in [4.78, 5) is 4.44. The molecule has 1 aliphatic rings. The van der Waals surface area contributed by atoms with E-state index in [-0.39, 0.29) is 0 Å². The molecule has 5 heteroatoms. The number of hydrogen-bond donors (Lipinski definition) is 1. The molecule has 1 N–H and O–H groups in total. The summed E-state index contributed by atoms with van der Waals surface area (Å²) in [5, 5.41) is 14.3. The Morgan fingerprint density at radius 1 is 1.33 bits per heavy atom. The van der Waals surface area contributed by atoms with E-state index < -0.39 is 6.10 Å². The normalized spacial score (nSPS) is 18.7. The Labute approximate surface area is 114 Å². The Hall–Kier alpha value is -1.20. The molecule has 1 aliphatic heterocycles. The maximum absolute atomic E-state index is 9.85. The van der Waals surface area contributed by atoms with Gasteiger partial charge in [0, 0.05) is 17.4 Å². The number of rotatable bonds is 2. The Bertz CT molecular complexity index is 550. The molecule has 1 atom stereocenters. The fourth-order valence-electron chi connectivity index (χ4n) is 2.24. The standard InChI is InChI=1S/C13H14BrN3O/c14-10-5-3-9(4-6-10)8-12-15-13-11(18)2-1-7-17(13)16-12/h3-6,11,18H,1-2,7-8H2. The van der Waals surface area contributed by atoms with Gasteiger partial charge in [0.15, 0.2) is 11.6 Å². The second-order valence-electron chi connectivity index (χ2n) is 4.57. The molecular weight excluding hydrogens is 294 g/mol. The van der Waals surface area contributed by atoms with E-state index in [2.05, 4.69) is 38.1 Å². The highest BCUT2D eigenvalue weighted by Gasteiger charge is 2.21. The number of benzene rings is 1. The third-order valence-corrected chi connectivity index (χ3v) is 3.69. The lowest BCUT2D eigenvalue weighted by Gasteiger charge is -2.16. The van der Waals surface area contributed by atoms with Gasteiger partial charge in [-0.3, -0.25) is 0 Å². The first kappa shape index (κ1) is 11.9. The Morgan fingerprint density at radius 2 is 2.11 bits per heavy atom. The van der Waals surface area contributed by atoms with Crippen molar-refractivity contribution in [2.75, 3.05) is 0 Å². The van der Waals surface area contributed by atoms with Crippen molar-refractivity contribution in [3.05, 3.63) is 46.0 Å². The van der Waals surface area contributed by atoms with Crippen LogP contribution in [-0.4, -0.2) is 19.9 Å². The first-order valence-electron chi connectivity index (χ1n) is 6.08. The molecule has 1 aromatic carbocycles. The number of aromatic nitrogens is 3. The summed E-state index contributed by atoms with van der Waals surface area (Å²) in [5.74, 6) is 1.50. The Morgan fingerprint density at radius 3 is 2.83 bits per heavy atom. The van der Waals surface area contributed by atoms with Crippen molar-refractivity contribution in [1.29, 1.82) is 0 Å². The van der Waals surface area contributed by atoms with Crippen LogP contribution in [0.5, 0.6) is 0 Å². The highest BCUT2D eigenvalue weighted by Crippen LogP contribution is 2.23. The monoisotopic (exact) mass is 307 g/mol. The fraction of sp³-hybridized carbons (Fsp3) is 0.385. The van der Waals surface area contributed by atoms with Crippen LogP contribution in [0.2, 0.25) is 0 Å². The van der Waals surface area contributed by atoms with Crippen LogP contribution in [0, 0.1) is 0 Å². The van der Waals surface area contributed by atoms with Crippen molar-refractivity contribution in [1.82, 2.24) is 14.8 Å². The Balaban J connectivity index is 1.83. The van der Waals surface area contributed by atoms with Crippen molar-refractivity contribution < 1.29 is 5.11 Å². The molecule has 0 radical (unpaired) electrons.